The SMILES string of the molecule is [2H]c1c(C)c([2H])c(-n2c([2H])nc(C)c2[2H])c([2H])c1NC(=O)c1ccc(C([2H])([2H])[2H])c(Nc2nccc(-c3cccnc3)n2)c1. The van der Waals surface area contributed by atoms with E-state index in [-0.39, 0.29) is 70.0 Å². The predicted molar refractivity (Wildman–Crippen MR) is 141 cm³/mol. The highest BCUT2D eigenvalue weighted by atomic mass is 16.1. The van der Waals surface area contributed by atoms with Gasteiger partial charge in [0.05, 0.1) is 23.2 Å². The molecule has 3 heterocycles. The smallest absolute Gasteiger partial charge is 0.255 e. The predicted octanol–water partition coefficient (Wildman–Crippen LogP) is 5.65. The molecule has 0 saturated carbocycles. The van der Waals surface area contributed by atoms with Crippen LogP contribution in [0, 0.1) is 20.7 Å². The third kappa shape index (κ3) is 5.12. The van der Waals surface area contributed by atoms with E-state index >= 15 is 0 Å². The minimum Gasteiger partial charge on any atom is -0.324 e. The van der Waals surface area contributed by atoms with Crippen molar-refractivity contribution in [2.24, 2.45) is 0 Å². The molecule has 0 aliphatic heterocycles. The first-order valence-corrected chi connectivity index (χ1v) is 10.9. The number of anilines is 3. The van der Waals surface area contributed by atoms with Gasteiger partial charge in [0.25, 0.3) is 5.91 Å². The van der Waals surface area contributed by atoms with Gasteiger partial charge in [-0.25, -0.2) is 15.0 Å². The third-order valence-electron chi connectivity index (χ3n) is 5.06. The lowest BCUT2D eigenvalue weighted by molar-refractivity contribution is 0.102. The van der Waals surface area contributed by atoms with Crippen molar-refractivity contribution >= 4 is 23.2 Å². The minimum atomic E-state index is -2.55. The lowest BCUT2D eigenvalue weighted by atomic mass is 10.1. The van der Waals surface area contributed by atoms with Crippen LogP contribution in [0.3, 0.4) is 0 Å². The molecule has 8 heteroatoms. The van der Waals surface area contributed by atoms with Crippen LogP contribution < -0.4 is 10.6 Å². The maximum Gasteiger partial charge on any atom is 0.255 e. The molecule has 0 atom stereocenters. The normalized spacial score (nSPS) is 14.3. The van der Waals surface area contributed by atoms with E-state index in [0.29, 0.717) is 11.3 Å². The average molecular weight is 484 g/mol. The van der Waals surface area contributed by atoms with Gasteiger partial charge < -0.3 is 15.2 Å². The summed E-state index contributed by atoms with van der Waals surface area (Å²) in [6.07, 6.45) is 4.18. The van der Waals surface area contributed by atoms with Crippen LogP contribution in [0.5, 0.6) is 0 Å². The molecule has 2 aromatic carbocycles. The first kappa shape index (κ1) is 15.2. The molecular formula is C28H25N7O. The Balaban J connectivity index is 1.53. The highest BCUT2D eigenvalue weighted by molar-refractivity contribution is 6.05. The highest BCUT2D eigenvalue weighted by Crippen LogP contribution is 2.24. The molecular weight excluding hydrogens is 450 g/mol. The number of hydrogen-bond donors (Lipinski definition) is 2. The Morgan fingerprint density at radius 1 is 1.08 bits per heavy atom. The number of aromatic nitrogens is 5. The number of hydrogen-bond acceptors (Lipinski definition) is 6. The number of benzene rings is 2. The van der Waals surface area contributed by atoms with E-state index in [1.807, 2.05) is 6.07 Å². The van der Waals surface area contributed by atoms with Gasteiger partial charge >= 0.3 is 0 Å². The molecule has 8 nitrogen and oxygen atoms in total. The van der Waals surface area contributed by atoms with Crippen LogP contribution >= 0.6 is 0 Å². The zero-order valence-electron chi connectivity index (χ0n) is 27.3. The summed E-state index contributed by atoms with van der Waals surface area (Å²) in [4.78, 5) is 30.1. The lowest BCUT2D eigenvalue weighted by Gasteiger charge is -2.13. The molecule has 0 aliphatic carbocycles. The second-order valence-corrected chi connectivity index (χ2v) is 7.81. The van der Waals surface area contributed by atoms with Crippen molar-refractivity contribution < 1.29 is 15.8 Å². The Morgan fingerprint density at radius 3 is 2.78 bits per heavy atom. The molecule has 3 aromatic heterocycles. The summed E-state index contributed by atoms with van der Waals surface area (Å²) in [5, 5.41) is 5.44. The minimum absolute atomic E-state index is 0.00213. The summed E-state index contributed by atoms with van der Waals surface area (Å²) in [5.41, 5.74) is 1.12. The van der Waals surface area contributed by atoms with E-state index in [0.717, 1.165) is 4.57 Å². The van der Waals surface area contributed by atoms with E-state index in [1.54, 1.807) is 24.5 Å². The van der Waals surface area contributed by atoms with Crippen molar-refractivity contribution in [3.63, 3.8) is 0 Å². The number of nitrogens with one attached hydrogen (secondary N) is 2. The van der Waals surface area contributed by atoms with Crippen molar-refractivity contribution in [3.05, 3.63) is 108 Å². The molecule has 5 rings (SSSR count). The van der Waals surface area contributed by atoms with Crippen LogP contribution in [0.2, 0.25) is 0 Å². The molecule has 0 saturated heterocycles. The van der Waals surface area contributed by atoms with E-state index in [2.05, 4.69) is 30.6 Å². The molecule has 0 radical (unpaired) electrons. The van der Waals surface area contributed by atoms with E-state index in [1.165, 1.54) is 38.2 Å². The molecule has 1 amide bonds. The van der Waals surface area contributed by atoms with Crippen molar-refractivity contribution in [3.8, 4) is 16.9 Å². The molecule has 2 N–H and O–H groups in total. The van der Waals surface area contributed by atoms with Gasteiger partial charge in [-0.1, -0.05) is 6.07 Å². The quantitative estimate of drug-likeness (QED) is 0.324. The second-order valence-electron chi connectivity index (χ2n) is 7.81. The molecule has 0 unspecified atom stereocenters. The van der Waals surface area contributed by atoms with Crippen molar-refractivity contribution in [2.75, 3.05) is 10.6 Å². The lowest BCUT2D eigenvalue weighted by Crippen LogP contribution is -2.13. The third-order valence-corrected chi connectivity index (χ3v) is 5.06. The topological polar surface area (TPSA) is 97.6 Å². The molecule has 5 aromatic rings. The second kappa shape index (κ2) is 9.79. The van der Waals surface area contributed by atoms with Gasteiger partial charge in [-0.2, -0.15) is 0 Å². The van der Waals surface area contributed by atoms with Gasteiger partial charge in [0.15, 0.2) is 0 Å². The number of carbonyl (C=O) groups is 1. The van der Waals surface area contributed by atoms with Crippen molar-refractivity contribution in [1.82, 2.24) is 24.5 Å². The van der Waals surface area contributed by atoms with Crippen LogP contribution in [0.25, 0.3) is 16.9 Å². The first-order valence-electron chi connectivity index (χ1n) is 14.9. The van der Waals surface area contributed by atoms with Crippen LogP contribution in [-0.4, -0.2) is 30.4 Å². The number of rotatable bonds is 6. The van der Waals surface area contributed by atoms with Gasteiger partial charge in [-0.15, -0.1) is 0 Å². The summed E-state index contributed by atoms with van der Waals surface area (Å²) in [5.74, 6) is -0.685. The number of amides is 1. The number of carbonyl (C=O) groups excluding carboxylic acids is 1. The number of nitrogens with zero attached hydrogens (tertiary/aromatic N) is 5. The maximum absolute atomic E-state index is 13.5. The molecule has 36 heavy (non-hydrogen) atoms. The highest BCUT2D eigenvalue weighted by Gasteiger charge is 2.12. The Kier molecular flexibility index (Phi) is 4.14. The van der Waals surface area contributed by atoms with Gasteiger partial charge in [0, 0.05) is 57.1 Å². The summed E-state index contributed by atoms with van der Waals surface area (Å²) in [6.45, 7) is 0.433. The van der Waals surface area contributed by atoms with Crippen LogP contribution in [-0.2, 0) is 0 Å². The molecule has 0 bridgehead atoms. The van der Waals surface area contributed by atoms with E-state index in [9.17, 15) is 4.79 Å². The van der Waals surface area contributed by atoms with E-state index < -0.39 is 18.8 Å². The Bertz CT molecular complexity index is 1910. The molecule has 0 fully saturated rings. The fourth-order valence-corrected chi connectivity index (χ4v) is 3.38. The molecule has 0 aliphatic rings. The van der Waals surface area contributed by atoms with Crippen LogP contribution in [0.1, 0.15) is 38.1 Å². The fraction of sp³-hybridized carbons (Fsp3) is 0.107. The Hall–Kier alpha value is -4.85. The molecule has 0 spiro atoms. The van der Waals surface area contributed by atoms with Crippen molar-refractivity contribution in [1.29, 1.82) is 0 Å². The maximum atomic E-state index is 13.5. The Morgan fingerprint density at radius 2 is 2.00 bits per heavy atom. The first-order chi connectivity index (χ1) is 20.8. The monoisotopic (exact) mass is 483 g/mol. The zero-order chi connectivity index (χ0) is 31.9. The standard InChI is InChI=1S/C28H25N7O/c1-18-11-23(14-24(12-18)35-16-20(3)31-17-35)32-27(36)21-7-6-19(2)26(13-21)34-28-30-10-8-25(33-28)22-5-4-9-29-15-22/h4-17H,1-3H3,(H,32,36)(H,30,33,34)/i2D3,11D,12D,14D,16D,17D. The largest absolute Gasteiger partial charge is 0.324 e. The summed E-state index contributed by atoms with van der Waals surface area (Å²) < 4.78 is 67.2. The van der Waals surface area contributed by atoms with Crippen LogP contribution in [0.15, 0.2) is 85.6 Å². The average Bonchev–Trinajstić information content (AvgIpc) is 3.24. The number of pyridine rings is 1. The van der Waals surface area contributed by atoms with Gasteiger partial charge in [-0.05, 0) is 80.3 Å². The number of aryl methyl sites for hydroxylation is 2. The molecule has 178 valence electrons. The summed E-state index contributed by atoms with van der Waals surface area (Å²) >= 11 is 0. The zero-order valence-corrected chi connectivity index (χ0v) is 19.3. The van der Waals surface area contributed by atoms with Gasteiger partial charge in [0.1, 0.15) is 1.37 Å². The Labute approximate surface area is 220 Å². The fourth-order valence-electron chi connectivity index (χ4n) is 3.38. The summed E-state index contributed by atoms with van der Waals surface area (Å²) in [7, 11) is 0. The number of imidazole rings is 1. The van der Waals surface area contributed by atoms with Crippen molar-refractivity contribution in [2.45, 2.75) is 20.7 Å². The van der Waals surface area contributed by atoms with Gasteiger partial charge in [-0.3, -0.25) is 9.78 Å². The van der Waals surface area contributed by atoms with E-state index in [4.69, 9.17) is 11.0 Å². The van der Waals surface area contributed by atoms with Crippen LogP contribution in [0.4, 0.5) is 17.3 Å². The summed E-state index contributed by atoms with van der Waals surface area (Å²) in [6, 6.07) is 8.13. The van der Waals surface area contributed by atoms with Gasteiger partial charge in [0.2, 0.25) is 5.95 Å².